The first-order valence-electron chi connectivity index (χ1n) is 3.01. The molecule has 12 heavy (non-hydrogen) atoms. The highest BCUT2D eigenvalue weighted by Gasteiger charge is 2.49. The number of allylic oxidation sites excluding steroid dienone is 2. The van der Waals surface area contributed by atoms with Crippen LogP contribution in [0.3, 0.4) is 0 Å². The summed E-state index contributed by atoms with van der Waals surface area (Å²) in [4.78, 5) is 8.88. The van der Waals surface area contributed by atoms with E-state index in [-0.39, 0.29) is 6.08 Å². The second-order valence-electron chi connectivity index (χ2n) is 2.27. The van der Waals surface area contributed by atoms with E-state index < -0.39 is 21.9 Å². The van der Waals surface area contributed by atoms with Crippen molar-refractivity contribution >= 4 is 11.6 Å². The Bertz CT molecular complexity index is 279. The van der Waals surface area contributed by atoms with E-state index in [1.807, 2.05) is 0 Å². The highest BCUT2D eigenvalue weighted by atomic mass is 35.5. The van der Waals surface area contributed by atoms with E-state index in [1.54, 1.807) is 0 Å². The molecule has 0 aliphatic heterocycles. The van der Waals surface area contributed by atoms with Gasteiger partial charge in [0, 0.05) is 0 Å². The van der Waals surface area contributed by atoms with E-state index in [1.165, 1.54) is 0 Å². The Hall–Kier alpha value is -0.970. The van der Waals surface area contributed by atoms with E-state index in [0.29, 0.717) is 0 Å². The fourth-order valence-corrected chi connectivity index (χ4v) is 1.00. The molecule has 1 aliphatic rings. The fourth-order valence-electron chi connectivity index (χ4n) is 0.786. The molecule has 0 radical (unpaired) electrons. The largest absolute Gasteiger partial charge is 0.400 e. The molecule has 0 heterocycles. The van der Waals surface area contributed by atoms with Crippen LogP contribution in [0.15, 0.2) is 24.1 Å². The molecule has 0 unspecified atom stereocenters. The van der Waals surface area contributed by atoms with Crippen LogP contribution in [0, 0.1) is 10.1 Å². The second-order valence-corrected chi connectivity index (χ2v) is 2.75. The highest BCUT2D eigenvalue weighted by Crippen LogP contribution is 2.30. The third-order valence-electron chi connectivity index (χ3n) is 1.43. The average Bonchev–Trinajstić information content (AvgIpc) is 1.97. The van der Waals surface area contributed by atoms with Crippen LogP contribution in [0.5, 0.6) is 0 Å². The van der Waals surface area contributed by atoms with Gasteiger partial charge in [-0.2, -0.15) is 4.39 Å². The standard InChI is InChI=1S/C6H4ClF2NO2/c7-5-2-1-4(8)3-6(5,9)10(11)12/h1-3,5H/t5-,6-/m1/s1. The maximum atomic E-state index is 13.1. The molecule has 0 spiro atoms. The molecule has 0 bridgehead atoms. The number of hydrogen-bond acceptors (Lipinski definition) is 2. The Morgan fingerprint density at radius 2 is 2.33 bits per heavy atom. The summed E-state index contributed by atoms with van der Waals surface area (Å²) in [6, 6.07) is 0. The van der Waals surface area contributed by atoms with Gasteiger partial charge >= 0.3 is 5.79 Å². The van der Waals surface area contributed by atoms with E-state index in [9.17, 15) is 18.9 Å². The minimum absolute atomic E-state index is 0.255. The van der Waals surface area contributed by atoms with Crippen molar-refractivity contribution in [1.29, 1.82) is 0 Å². The molecular formula is C6H4ClF2NO2. The van der Waals surface area contributed by atoms with Crippen molar-refractivity contribution < 1.29 is 13.7 Å². The number of halogens is 3. The molecule has 1 aliphatic carbocycles. The van der Waals surface area contributed by atoms with Gasteiger partial charge < -0.3 is 0 Å². The molecule has 0 aromatic carbocycles. The first-order valence-corrected chi connectivity index (χ1v) is 3.44. The molecule has 3 nitrogen and oxygen atoms in total. The van der Waals surface area contributed by atoms with Crippen molar-refractivity contribution in [3.63, 3.8) is 0 Å². The van der Waals surface area contributed by atoms with E-state index in [0.717, 1.165) is 12.2 Å². The van der Waals surface area contributed by atoms with Gasteiger partial charge in [0.05, 0.1) is 11.0 Å². The zero-order valence-corrected chi connectivity index (χ0v) is 6.46. The molecule has 2 atom stereocenters. The molecule has 0 aromatic heterocycles. The maximum Gasteiger partial charge on any atom is 0.400 e. The van der Waals surface area contributed by atoms with E-state index >= 15 is 0 Å². The Morgan fingerprint density at radius 1 is 1.75 bits per heavy atom. The normalized spacial score (nSPS) is 34.6. The summed E-state index contributed by atoms with van der Waals surface area (Å²) in [5.74, 6) is -4.02. The Kier molecular flexibility index (Phi) is 2.14. The van der Waals surface area contributed by atoms with Gasteiger partial charge in [-0.15, -0.1) is 11.6 Å². The topological polar surface area (TPSA) is 43.1 Å². The van der Waals surface area contributed by atoms with Gasteiger partial charge in [-0.3, -0.25) is 10.1 Å². The summed E-state index contributed by atoms with van der Waals surface area (Å²) in [5, 5.41) is 8.67. The van der Waals surface area contributed by atoms with Gasteiger partial charge in [-0.25, -0.2) is 4.39 Å². The lowest BCUT2D eigenvalue weighted by Gasteiger charge is -2.18. The molecule has 0 N–H and O–H groups in total. The highest BCUT2D eigenvalue weighted by molar-refractivity contribution is 6.22. The number of hydrogen-bond donors (Lipinski definition) is 0. The first kappa shape index (κ1) is 9.12. The second kappa shape index (κ2) is 2.82. The monoisotopic (exact) mass is 195 g/mol. The zero-order chi connectivity index (χ0) is 9.35. The van der Waals surface area contributed by atoms with Crippen LogP contribution in [-0.4, -0.2) is 16.1 Å². The third kappa shape index (κ3) is 1.32. The number of rotatable bonds is 1. The molecule has 0 saturated heterocycles. The van der Waals surface area contributed by atoms with Crippen LogP contribution in [-0.2, 0) is 0 Å². The van der Waals surface area contributed by atoms with E-state index in [4.69, 9.17) is 11.6 Å². The quantitative estimate of drug-likeness (QED) is 0.278. The number of nitro groups is 1. The van der Waals surface area contributed by atoms with Crippen molar-refractivity contribution in [3.8, 4) is 0 Å². The third-order valence-corrected chi connectivity index (χ3v) is 1.88. The zero-order valence-electron chi connectivity index (χ0n) is 5.71. The summed E-state index contributed by atoms with van der Waals surface area (Å²) >= 11 is 5.27. The van der Waals surface area contributed by atoms with Crippen LogP contribution < -0.4 is 0 Å². The molecule has 1 rings (SSSR count). The first-order chi connectivity index (χ1) is 5.47. The van der Waals surface area contributed by atoms with Gasteiger partial charge in [0.15, 0.2) is 5.38 Å². The molecule has 0 saturated carbocycles. The summed E-state index contributed by atoms with van der Waals surface area (Å²) in [5.41, 5.74) is 0. The Balaban J connectivity index is 3.05. The maximum absolute atomic E-state index is 13.1. The van der Waals surface area contributed by atoms with E-state index in [2.05, 4.69) is 0 Å². The predicted octanol–water partition coefficient (Wildman–Crippen LogP) is 1.96. The van der Waals surface area contributed by atoms with Crippen molar-refractivity contribution in [1.82, 2.24) is 0 Å². The molecular weight excluding hydrogens is 192 g/mol. The predicted molar refractivity (Wildman–Crippen MR) is 38.8 cm³/mol. The average molecular weight is 196 g/mol. The van der Waals surface area contributed by atoms with Crippen molar-refractivity contribution in [2.24, 2.45) is 0 Å². The lowest BCUT2D eigenvalue weighted by molar-refractivity contribution is -0.587. The van der Waals surface area contributed by atoms with Crippen LogP contribution in [0.1, 0.15) is 0 Å². The minimum Gasteiger partial charge on any atom is -0.261 e. The van der Waals surface area contributed by atoms with Crippen LogP contribution in [0.4, 0.5) is 8.78 Å². The Labute approximate surface area is 71.5 Å². The summed E-state index contributed by atoms with van der Waals surface area (Å²) in [7, 11) is 0. The number of nitrogens with zero attached hydrogens (tertiary/aromatic N) is 1. The summed E-state index contributed by atoms with van der Waals surface area (Å²) in [6.45, 7) is 0. The fraction of sp³-hybridized carbons (Fsp3) is 0.333. The molecule has 0 aromatic rings. The number of alkyl halides is 2. The van der Waals surface area contributed by atoms with Crippen molar-refractivity contribution in [3.05, 3.63) is 34.2 Å². The molecule has 0 fully saturated rings. The molecule has 66 valence electrons. The summed E-state index contributed by atoms with van der Waals surface area (Å²) in [6.07, 6.45) is 2.04. The van der Waals surface area contributed by atoms with Gasteiger partial charge in [-0.05, 0) is 6.08 Å². The lowest BCUT2D eigenvalue weighted by Crippen LogP contribution is -2.40. The van der Waals surface area contributed by atoms with Gasteiger partial charge in [0.2, 0.25) is 0 Å². The van der Waals surface area contributed by atoms with Gasteiger partial charge in [-0.1, -0.05) is 6.08 Å². The van der Waals surface area contributed by atoms with Gasteiger partial charge in [0.25, 0.3) is 0 Å². The smallest absolute Gasteiger partial charge is 0.261 e. The van der Waals surface area contributed by atoms with Crippen LogP contribution in [0.25, 0.3) is 0 Å². The summed E-state index contributed by atoms with van der Waals surface area (Å²) < 4.78 is 25.5. The SMILES string of the molecule is O=[N+]([O-])[C@]1(F)C=C(F)C=C[C@H]1Cl. The van der Waals surface area contributed by atoms with Crippen molar-refractivity contribution in [2.45, 2.75) is 11.2 Å². The van der Waals surface area contributed by atoms with Crippen LogP contribution in [0.2, 0.25) is 0 Å². The van der Waals surface area contributed by atoms with Crippen LogP contribution >= 0.6 is 11.6 Å². The van der Waals surface area contributed by atoms with Gasteiger partial charge in [0.1, 0.15) is 5.83 Å². The minimum atomic E-state index is -3.03. The Morgan fingerprint density at radius 3 is 2.75 bits per heavy atom. The molecule has 6 heteroatoms. The van der Waals surface area contributed by atoms with Crippen molar-refractivity contribution in [2.75, 3.05) is 0 Å². The lowest BCUT2D eigenvalue weighted by atomic mass is 10.1. The molecule has 0 amide bonds.